The van der Waals surface area contributed by atoms with Crippen LogP contribution in [0.5, 0.6) is 0 Å². The van der Waals surface area contributed by atoms with Crippen molar-refractivity contribution in [3.63, 3.8) is 0 Å². The van der Waals surface area contributed by atoms with E-state index in [-0.39, 0.29) is 0 Å². The number of rotatable bonds is 7. The molecular formula is C35H78. The molecule has 35 heavy (non-hydrogen) atoms. The molecule has 2 aliphatic carbocycles. The van der Waals surface area contributed by atoms with Gasteiger partial charge in [-0.15, -0.1) is 0 Å². The Morgan fingerprint density at radius 3 is 1.00 bits per heavy atom. The molecule has 0 aromatic rings. The van der Waals surface area contributed by atoms with Gasteiger partial charge in [0.2, 0.25) is 0 Å². The third-order valence-electron chi connectivity index (χ3n) is 8.24. The molecule has 3 atom stereocenters. The summed E-state index contributed by atoms with van der Waals surface area (Å²) in [6.07, 6.45) is 16.7. The molecule has 2 saturated carbocycles. The Kier molecular flexibility index (Phi) is 34.4. The second-order valence-electron chi connectivity index (χ2n) is 13.3. The van der Waals surface area contributed by atoms with Gasteiger partial charge in [-0.1, -0.05) is 175 Å². The summed E-state index contributed by atoms with van der Waals surface area (Å²) < 4.78 is 0. The van der Waals surface area contributed by atoms with Crippen molar-refractivity contribution in [2.75, 3.05) is 0 Å². The van der Waals surface area contributed by atoms with Crippen molar-refractivity contribution in [1.82, 2.24) is 0 Å². The first-order valence-corrected chi connectivity index (χ1v) is 16.2. The summed E-state index contributed by atoms with van der Waals surface area (Å²) in [5, 5.41) is 0. The standard InChI is InChI=1S/C7H14.C7H16.C6H14.C5H10.2C5H12/c1-6-4-3-5-7(6)2;1-5-7(4)6(2)3;1-4-6(3)5-2;1-5(2)3-4-5;1-4-5(2)3;1-3-5-4-2/h6-7H,3-5H2,1-2H3;6-7H,5H2,1-4H3;6H,4-5H2,1-3H3;3-4H2,1-2H3;5H,4H2,1-3H3;3-5H2,1-2H3. The Bertz CT molecular complexity index is 344. The van der Waals surface area contributed by atoms with Crippen LogP contribution in [0.1, 0.15) is 188 Å². The minimum absolute atomic E-state index is 0.750. The molecule has 2 aliphatic rings. The predicted octanol–water partition coefficient (Wildman–Crippen LogP) is 13.6. The zero-order chi connectivity index (χ0) is 28.4. The highest BCUT2D eigenvalue weighted by Gasteiger charge is 2.30. The summed E-state index contributed by atoms with van der Waals surface area (Å²) in [6.45, 7) is 36.2. The van der Waals surface area contributed by atoms with E-state index in [4.69, 9.17) is 0 Å². The van der Waals surface area contributed by atoms with Crippen molar-refractivity contribution in [2.45, 2.75) is 188 Å². The molecule has 2 fully saturated rings. The van der Waals surface area contributed by atoms with Gasteiger partial charge in [-0.05, 0) is 53.8 Å². The molecule has 3 unspecified atom stereocenters. The fraction of sp³-hybridized carbons (Fsp3) is 1.00. The lowest BCUT2D eigenvalue weighted by Crippen LogP contribution is -2.00. The van der Waals surface area contributed by atoms with Crippen LogP contribution in [0, 0.1) is 40.9 Å². The molecule has 0 amide bonds. The highest BCUT2D eigenvalue weighted by atomic mass is 14.4. The van der Waals surface area contributed by atoms with Crippen LogP contribution in [0.2, 0.25) is 0 Å². The third kappa shape index (κ3) is 41.4. The molecule has 0 heteroatoms. The Labute approximate surface area is 228 Å². The zero-order valence-corrected chi connectivity index (χ0v) is 28.4. The highest BCUT2D eigenvalue weighted by molar-refractivity contribution is 4.82. The minimum atomic E-state index is 0.750. The van der Waals surface area contributed by atoms with Crippen molar-refractivity contribution >= 4 is 0 Å². The molecule has 0 aliphatic heterocycles. The smallest absolute Gasteiger partial charge is 0.0354 e. The third-order valence-corrected chi connectivity index (χ3v) is 8.24. The van der Waals surface area contributed by atoms with Gasteiger partial charge in [-0.25, -0.2) is 0 Å². The molecule has 0 aromatic heterocycles. The van der Waals surface area contributed by atoms with Crippen LogP contribution in [-0.4, -0.2) is 0 Å². The van der Waals surface area contributed by atoms with Crippen molar-refractivity contribution in [2.24, 2.45) is 40.9 Å². The van der Waals surface area contributed by atoms with Gasteiger partial charge in [0.1, 0.15) is 0 Å². The molecular weight excluding hydrogens is 420 g/mol. The maximum Gasteiger partial charge on any atom is -0.0354 e. The summed E-state index contributed by atoms with van der Waals surface area (Å²) in [6, 6.07) is 0. The average Bonchev–Trinajstić information content (AvgIpc) is 3.40. The molecule has 0 nitrogen and oxygen atoms in total. The topological polar surface area (TPSA) is 0 Å². The number of hydrogen-bond acceptors (Lipinski definition) is 0. The Morgan fingerprint density at radius 2 is 0.971 bits per heavy atom. The van der Waals surface area contributed by atoms with Crippen LogP contribution in [0.25, 0.3) is 0 Å². The molecule has 0 heterocycles. The van der Waals surface area contributed by atoms with E-state index >= 15 is 0 Å². The molecule has 0 aromatic carbocycles. The first-order chi connectivity index (χ1) is 16.2. The van der Waals surface area contributed by atoms with Crippen LogP contribution >= 0.6 is 0 Å². The van der Waals surface area contributed by atoms with Crippen LogP contribution in [0.15, 0.2) is 0 Å². The van der Waals surface area contributed by atoms with Crippen LogP contribution in [-0.2, 0) is 0 Å². The van der Waals surface area contributed by atoms with Gasteiger partial charge in [-0.2, -0.15) is 0 Å². The van der Waals surface area contributed by atoms with E-state index in [1.807, 2.05) is 0 Å². The van der Waals surface area contributed by atoms with E-state index < -0.39 is 0 Å². The Morgan fingerprint density at radius 1 is 0.629 bits per heavy atom. The molecule has 0 spiro atoms. The monoisotopic (exact) mass is 499 g/mol. The molecule has 218 valence electrons. The van der Waals surface area contributed by atoms with Gasteiger partial charge >= 0.3 is 0 Å². The lowest BCUT2D eigenvalue weighted by Gasteiger charge is -2.10. The largest absolute Gasteiger partial charge is 0.0654 e. The van der Waals surface area contributed by atoms with Gasteiger partial charge in [0, 0.05) is 0 Å². The molecule has 0 saturated heterocycles. The van der Waals surface area contributed by atoms with Crippen LogP contribution < -0.4 is 0 Å². The van der Waals surface area contributed by atoms with Gasteiger partial charge in [-0.3, -0.25) is 0 Å². The predicted molar refractivity (Wildman–Crippen MR) is 170 cm³/mol. The maximum absolute atomic E-state index is 2.36. The van der Waals surface area contributed by atoms with Crippen molar-refractivity contribution in [3.05, 3.63) is 0 Å². The lowest BCUT2D eigenvalue weighted by molar-refractivity contribution is 0.407. The second-order valence-corrected chi connectivity index (χ2v) is 13.3. The number of hydrogen-bond donors (Lipinski definition) is 0. The second kappa shape index (κ2) is 28.6. The van der Waals surface area contributed by atoms with Gasteiger partial charge in [0.05, 0.1) is 0 Å². The lowest BCUT2D eigenvalue weighted by atomic mass is 9.96. The van der Waals surface area contributed by atoms with Crippen molar-refractivity contribution in [3.8, 4) is 0 Å². The SMILES string of the molecule is CC1(C)CC1.CC1CCCC1C.CCC(C)C.CCC(C)C(C)C.CCC(C)CC.CCCCC. The molecule has 0 radical (unpaired) electrons. The van der Waals surface area contributed by atoms with Gasteiger partial charge in [0.15, 0.2) is 0 Å². The minimum Gasteiger partial charge on any atom is -0.0654 e. The average molecular weight is 499 g/mol. The highest BCUT2D eigenvalue weighted by Crippen LogP contribution is 2.43. The molecule has 0 N–H and O–H groups in total. The van der Waals surface area contributed by atoms with E-state index in [9.17, 15) is 0 Å². The Hall–Kier alpha value is 0. The number of unbranched alkanes of at least 4 members (excludes halogenated alkanes) is 2. The van der Waals surface area contributed by atoms with E-state index in [0.717, 1.165) is 40.9 Å². The first kappa shape index (κ1) is 42.1. The van der Waals surface area contributed by atoms with Crippen LogP contribution in [0.3, 0.4) is 0 Å². The normalized spacial score (nSPS) is 20.0. The van der Waals surface area contributed by atoms with Crippen molar-refractivity contribution < 1.29 is 0 Å². The van der Waals surface area contributed by atoms with E-state index in [2.05, 4.69) is 111 Å². The summed E-state index contributed by atoms with van der Waals surface area (Å²) in [5.41, 5.74) is 0.750. The quantitative estimate of drug-likeness (QED) is 0.327. The fourth-order valence-corrected chi connectivity index (χ4v) is 2.69. The van der Waals surface area contributed by atoms with E-state index in [1.165, 1.54) is 77.0 Å². The maximum atomic E-state index is 2.36. The summed E-state index contributed by atoms with van der Waals surface area (Å²) >= 11 is 0. The molecule has 2 rings (SSSR count). The van der Waals surface area contributed by atoms with Gasteiger partial charge in [0.25, 0.3) is 0 Å². The zero-order valence-electron chi connectivity index (χ0n) is 28.4. The Balaban J connectivity index is -0.000000166. The molecule has 0 bridgehead atoms. The van der Waals surface area contributed by atoms with Gasteiger partial charge < -0.3 is 0 Å². The summed E-state index contributed by atoms with van der Waals surface area (Å²) in [7, 11) is 0. The fourth-order valence-electron chi connectivity index (χ4n) is 2.69. The first-order valence-electron chi connectivity index (χ1n) is 16.2. The van der Waals surface area contributed by atoms with E-state index in [0.29, 0.717) is 0 Å². The summed E-state index contributed by atoms with van der Waals surface area (Å²) in [4.78, 5) is 0. The van der Waals surface area contributed by atoms with Crippen LogP contribution in [0.4, 0.5) is 0 Å². The summed E-state index contributed by atoms with van der Waals surface area (Å²) in [5.74, 6) is 5.62. The van der Waals surface area contributed by atoms with Crippen molar-refractivity contribution in [1.29, 1.82) is 0 Å². The van der Waals surface area contributed by atoms with E-state index in [1.54, 1.807) is 0 Å².